The molecule has 0 saturated carbocycles. The van der Waals surface area contributed by atoms with E-state index in [1.54, 1.807) is 29.2 Å². The average molecular weight is 432 g/mol. The summed E-state index contributed by atoms with van der Waals surface area (Å²) in [6, 6.07) is 9.03. The molecule has 1 aromatic carbocycles. The number of carbonyl (C=O) groups is 1. The van der Waals surface area contributed by atoms with Crippen LogP contribution in [-0.4, -0.2) is 45.1 Å². The highest BCUT2D eigenvalue weighted by Gasteiger charge is 2.33. The highest BCUT2D eigenvalue weighted by atomic mass is 19.4. The van der Waals surface area contributed by atoms with Crippen LogP contribution in [0.25, 0.3) is 5.82 Å². The van der Waals surface area contributed by atoms with Gasteiger partial charge in [-0.3, -0.25) is 4.79 Å². The van der Waals surface area contributed by atoms with E-state index in [0.717, 1.165) is 12.5 Å². The molecule has 1 unspecified atom stereocenters. The minimum Gasteiger partial charge on any atom is -0.404 e. The highest BCUT2D eigenvalue weighted by Crippen LogP contribution is 2.31. The van der Waals surface area contributed by atoms with E-state index in [2.05, 4.69) is 25.1 Å². The van der Waals surface area contributed by atoms with Crippen LogP contribution in [0.1, 0.15) is 12.8 Å². The summed E-state index contributed by atoms with van der Waals surface area (Å²) in [6.07, 6.45) is 1.34. The Balaban J connectivity index is 1.46. The second-order valence-corrected chi connectivity index (χ2v) is 7.00. The maximum Gasteiger partial charge on any atom is 0.573 e. The molecule has 0 aliphatic carbocycles. The van der Waals surface area contributed by atoms with Crippen molar-refractivity contribution in [3.05, 3.63) is 55.1 Å². The fourth-order valence-corrected chi connectivity index (χ4v) is 3.46. The summed E-state index contributed by atoms with van der Waals surface area (Å²) in [6.45, 7) is 1.08. The summed E-state index contributed by atoms with van der Waals surface area (Å²) in [7, 11) is 0. The van der Waals surface area contributed by atoms with Crippen LogP contribution < -0.4 is 15.0 Å². The predicted octanol–water partition coefficient (Wildman–Crippen LogP) is 3.42. The van der Waals surface area contributed by atoms with Crippen molar-refractivity contribution in [3.63, 3.8) is 0 Å². The van der Waals surface area contributed by atoms with E-state index < -0.39 is 18.0 Å². The lowest BCUT2D eigenvalue weighted by Gasteiger charge is -2.33. The molecule has 1 N–H and O–H groups in total. The molecule has 31 heavy (non-hydrogen) atoms. The smallest absolute Gasteiger partial charge is 0.404 e. The molecule has 8 nitrogen and oxygen atoms in total. The first-order valence-corrected chi connectivity index (χ1v) is 9.62. The van der Waals surface area contributed by atoms with E-state index in [1.165, 1.54) is 24.5 Å². The van der Waals surface area contributed by atoms with Gasteiger partial charge in [-0.05, 0) is 31.0 Å². The summed E-state index contributed by atoms with van der Waals surface area (Å²) < 4.78 is 43.5. The molecule has 0 radical (unpaired) electrons. The van der Waals surface area contributed by atoms with Crippen LogP contribution in [0.15, 0.2) is 55.1 Å². The molecular formula is C20H19F3N6O2. The number of alkyl halides is 3. The predicted molar refractivity (Wildman–Crippen MR) is 106 cm³/mol. The third-order valence-electron chi connectivity index (χ3n) is 4.86. The number of carbonyl (C=O) groups excluding carboxylic acids is 1. The molecule has 1 aliphatic heterocycles. The Hall–Kier alpha value is -3.63. The maximum atomic E-state index is 12.8. The number of aromatic nitrogens is 4. The van der Waals surface area contributed by atoms with Crippen LogP contribution in [0.5, 0.6) is 5.75 Å². The average Bonchev–Trinajstić information content (AvgIpc) is 3.29. The molecule has 162 valence electrons. The molecule has 3 heterocycles. The van der Waals surface area contributed by atoms with E-state index in [4.69, 9.17) is 0 Å². The number of halogens is 3. The Morgan fingerprint density at radius 2 is 1.97 bits per heavy atom. The number of hydrogen-bond acceptors (Lipinski definition) is 6. The van der Waals surface area contributed by atoms with Gasteiger partial charge in [0.15, 0.2) is 11.6 Å². The number of benzene rings is 1. The van der Waals surface area contributed by atoms with Gasteiger partial charge < -0.3 is 15.0 Å². The van der Waals surface area contributed by atoms with Gasteiger partial charge in [0.05, 0.1) is 11.6 Å². The van der Waals surface area contributed by atoms with Gasteiger partial charge in [-0.25, -0.2) is 14.6 Å². The van der Waals surface area contributed by atoms with Crippen molar-refractivity contribution in [3.8, 4) is 11.6 Å². The Labute approximate surface area is 175 Å². The molecule has 3 aromatic rings. The van der Waals surface area contributed by atoms with E-state index in [9.17, 15) is 18.0 Å². The van der Waals surface area contributed by atoms with Gasteiger partial charge in [0.25, 0.3) is 0 Å². The number of hydrogen-bond donors (Lipinski definition) is 1. The summed E-state index contributed by atoms with van der Waals surface area (Å²) in [5, 5.41) is 6.72. The van der Waals surface area contributed by atoms with Crippen molar-refractivity contribution in [2.24, 2.45) is 5.92 Å². The summed E-state index contributed by atoms with van der Waals surface area (Å²) in [5.74, 6) is 0.00868. The molecule has 2 aromatic heterocycles. The number of anilines is 2. The Kier molecular flexibility index (Phi) is 5.74. The fraction of sp³-hybridized carbons (Fsp3) is 0.300. The molecule has 1 aliphatic rings. The third-order valence-corrected chi connectivity index (χ3v) is 4.86. The van der Waals surface area contributed by atoms with Crippen molar-refractivity contribution < 1.29 is 22.7 Å². The van der Waals surface area contributed by atoms with Crippen molar-refractivity contribution in [1.82, 2.24) is 19.7 Å². The highest BCUT2D eigenvalue weighted by molar-refractivity contribution is 5.94. The van der Waals surface area contributed by atoms with Gasteiger partial charge in [0, 0.05) is 31.5 Å². The van der Waals surface area contributed by atoms with Gasteiger partial charge in [-0.1, -0.05) is 12.1 Å². The Bertz CT molecular complexity index is 1040. The lowest BCUT2D eigenvalue weighted by molar-refractivity contribution is -0.274. The number of nitrogens with zero attached hydrogens (tertiary/aromatic N) is 5. The monoisotopic (exact) mass is 432 g/mol. The van der Waals surface area contributed by atoms with Crippen LogP contribution in [-0.2, 0) is 4.79 Å². The topological polar surface area (TPSA) is 85.2 Å². The van der Waals surface area contributed by atoms with Crippen LogP contribution >= 0.6 is 0 Å². The van der Waals surface area contributed by atoms with Gasteiger partial charge in [0.1, 0.15) is 12.1 Å². The van der Waals surface area contributed by atoms with Crippen LogP contribution in [0, 0.1) is 5.92 Å². The molecule has 1 saturated heterocycles. The van der Waals surface area contributed by atoms with Crippen molar-refractivity contribution in [2.75, 3.05) is 23.3 Å². The number of ether oxygens (including phenoxy) is 1. The summed E-state index contributed by atoms with van der Waals surface area (Å²) in [4.78, 5) is 23.3. The minimum atomic E-state index is -4.85. The number of para-hydroxylation sites is 2. The van der Waals surface area contributed by atoms with E-state index >= 15 is 0 Å². The van der Waals surface area contributed by atoms with Gasteiger partial charge in [-0.15, -0.1) is 13.2 Å². The third kappa shape index (κ3) is 5.11. The lowest BCUT2D eigenvalue weighted by atomic mass is 9.97. The largest absolute Gasteiger partial charge is 0.573 e. The molecule has 1 atom stereocenters. The zero-order valence-electron chi connectivity index (χ0n) is 16.3. The van der Waals surface area contributed by atoms with Gasteiger partial charge in [0.2, 0.25) is 5.91 Å². The van der Waals surface area contributed by atoms with Crippen LogP contribution in [0.2, 0.25) is 0 Å². The Morgan fingerprint density at radius 3 is 2.74 bits per heavy atom. The second kappa shape index (κ2) is 8.62. The number of rotatable bonds is 5. The zero-order valence-corrected chi connectivity index (χ0v) is 16.3. The van der Waals surface area contributed by atoms with Crippen molar-refractivity contribution in [2.45, 2.75) is 19.2 Å². The standard InChI is InChI=1S/C20H19F3N6O2/c21-20(22,23)31-16-7-2-1-6-15(16)27-19(30)14-5-3-9-28(12-14)17-11-18(25-13-24-17)29-10-4-8-26-29/h1-2,4,6-8,10-11,13-14H,3,5,9,12H2,(H,27,30). The van der Waals surface area contributed by atoms with E-state index in [1.807, 2.05) is 4.90 Å². The first-order valence-electron chi connectivity index (χ1n) is 9.62. The van der Waals surface area contributed by atoms with Crippen LogP contribution in [0.3, 0.4) is 0 Å². The molecular weight excluding hydrogens is 413 g/mol. The molecule has 11 heteroatoms. The molecule has 0 bridgehead atoms. The van der Waals surface area contributed by atoms with Crippen molar-refractivity contribution >= 4 is 17.4 Å². The normalized spacial score (nSPS) is 16.7. The summed E-state index contributed by atoms with van der Waals surface area (Å²) in [5.41, 5.74) is -0.0232. The SMILES string of the molecule is O=C(Nc1ccccc1OC(F)(F)F)C1CCCN(c2cc(-n3cccn3)ncn2)C1. The fourth-order valence-electron chi connectivity index (χ4n) is 3.46. The first kappa shape index (κ1) is 20.6. The van der Waals surface area contributed by atoms with Gasteiger partial charge >= 0.3 is 6.36 Å². The molecule has 1 fully saturated rings. The van der Waals surface area contributed by atoms with E-state index in [-0.39, 0.29) is 11.6 Å². The van der Waals surface area contributed by atoms with Gasteiger partial charge in [-0.2, -0.15) is 5.10 Å². The first-order chi connectivity index (χ1) is 14.9. The number of amides is 1. The Morgan fingerprint density at radius 1 is 1.16 bits per heavy atom. The van der Waals surface area contributed by atoms with E-state index in [0.29, 0.717) is 31.1 Å². The molecule has 0 spiro atoms. The molecule has 4 rings (SSSR count). The van der Waals surface area contributed by atoms with Crippen LogP contribution in [0.4, 0.5) is 24.7 Å². The molecule has 1 amide bonds. The van der Waals surface area contributed by atoms with Crippen molar-refractivity contribution in [1.29, 1.82) is 0 Å². The lowest BCUT2D eigenvalue weighted by Crippen LogP contribution is -2.41. The number of piperidine rings is 1. The zero-order chi connectivity index (χ0) is 21.8. The number of nitrogens with one attached hydrogen (secondary N) is 1. The maximum absolute atomic E-state index is 12.8. The summed E-state index contributed by atoms with van der Waals surface area (Å²) >= 11 is 0. The minimum absolute atomic E-state index is 0.0232. The second-order valence-electron chi connectivity index (χ2n) is 7.00. The quantitative estimate of drug-likeness (QED) is 0.665.